The lowest BCUT2D eigenvalue weighted by Crippen LogP contribution is -2.13. The standard InChI is InChI=1S/C17H15N5O2S/c1-9-12-7-11(8-18-15(12)22(3)21-9)19-16(23)14-10(2)25-17(20-14)13-5-4-6-24-13/h4-8H,1-3H3,(H,19,23). The van der Waals surface area contributed by atoms with Crippen LogP contribution in [0.5, 0.6) is 0 Å². The summed E-state index contributed by atoms with van der Waals surface area (Å²) >= 11 is 1.42. The minimum atomic E-state index is -0.269. The molecule has 0 aliphatic heterocycles. The molecule has 0 fully saturated rings. The molecule has 1 amide bonds. The Kier molecular flexibility index (Phi) is 3.61. The van der Waals surface area contributed by atoms with Crippen molar-refractivity contribution in [3.8, 4) is 10.8 Å². The molecule has 0 aliphatic carbocycles. The van der Waals surface area contributed by atoms with E-state index in [4.69, 9.17) is 4.42 Å². The van der Waals surface area contributed by atoms with E-state index < -0.39 is 0 Å². The van der Waals surface area contributed by atoms with Gasteiger partial charge in [0.25, 0.3) is 5.91 Å². The summed E-state index contributed by atoms with van der Waals surface area (Å²) in [6.45, 7) is 3.78. The number of aromatic nitrogens is 4. The Labute approximate surface area is 147 Å². The molecule has 0 bridgehead atoms. The molecule has 4 heterocycles. The summed E-state index contributed by atoms with van der Waals surface area (Å²) < 4.78 is 7.07. The number of carbonyl (C=O) groups excluding carboxylic acids is 1. The summed E-state index contributed by atoms with van der Waals surface area (Å²) in [5.41, 5.74) is 2.64. The Bertz CT molecular complexity index is 1080. The van der Waals surface area contributed by atoms with E-state index in [1.807, 2.05) is 33.0 Å². The maximum absolute atomic E-state index is 12.6. The number of pyridine rings is 1. The second kappa shape index (κ2) is 5.82. The fourth-order valence-corrected chi connectivity index (χ4v) is 3.56. The minimum absolute atomic E-state index is 0.269. The second-order valence-corrected chi connectivity index (χ2v) is 6.86. The van der Waals surface area contributed by atoms with Crippen molar-refractivity contribution in [1.29, 1.82) is 0 Å². The number of rotatable bonds is 3. The Hall–Kier alpha value is -3.00. The Morgan fingerprint density at radius 3 is 2.96 bits per heavy atom. The molecule has 0 aromatic carbocycles. The van der Waals surface area contributed by atoms with Crippen LogP contribution in [-0.2, 0) is 7.05 Å². The summed E-state index contributed by atoms with van der Waals surface area (Å²) in [5, 5.41) is 8.79. The molecule has 0 radical (unpaired) electrons. The fraction of sp³-hybridized carbons (Fsp3) is 0.176. The predicted octanol–water partition coefficient (Wildman–Crippen LogP) is 3.55. The maximum Gasteiger partial charge on any atom is 0.275 e. The zero-order valence-corrected chi connectivity index (χ0v) is 14.7. The van der Waals surface area contributed by atoms with Gasteiger partial charge in [-0.3, -0.25) is 9.48 Å². The molecule has 1 N–H and O–H groups in total. The highest BCUT2D eigenvalue weighted by Gasteiger charge is 2.18. The van der Waals surface area contributed by atoms with Crippen molar-refractivity contribution in [2.45, 2.75) is 13.8 Å². The van der Waals surface area contributed by atoms with E-state index >= 15 is 0 Å². The molecular formula is C17H15N5O2S. The number of nitrogens with zero attached hydrogens (tertiary/aromatic N) is 4. The van der Waals surface area contributed by atoms with Gasteiger partial charge in [-0.25, -0.2) is 9.97 Å². The number of hydrogen-bond acceptors (Lipinski definition) is 6. The van der Waals surface area contributed by atoms with Crippen LogP contribution in [0.1, 0.15) is 21.1 Å². The quantitative estimate of drug-likeness (QED) is 0.609. The Morgan fingerprint density at radius 2 is 2.20 bits per heavy atom. The van der Waals surface area contributed by atoms with Crippen LogP contribution >= 0.6 is 11.3 Å². The summed E-state index contributed by atoms with van der Waals surface area (Å²) in [7, 11) is 1.84. The van der Waals surface area contributed by atoms with Crippen molar-refractivity contribution in [1.82, 2.24) is 19.7 Å². The normalized spacial score (nSPS) is 11.2. The maximum atomic E-state index is 12.6. The van der Waals surface area contributed by atoms with Gasteiger partial charge in [0.15, 0.2) is 16.4 Å². The summed E-state index contributed by atoms with van der Waals surface area (Å²) in [5.74, 6) is 0.385. The lowest BCUT2D eigenvalue weighted by Gasteiger charge is -2.04. The Balaban J connectivity index is 1.63. The van der Waals surface area contributed by atoms with E-state index in [0.29, 0.717) is 22.1 Å². The van der Waals surface area contributed by atoms with Crippen LogP contribution in [0.4, 0.5) is 5.69 Å². The first-order valence-corrected chi connectivity index (χ1v) is 8.46. The number of furan rings is 1. The van der Waals surface area contributed by atoms with Gasteiger partial charge in [-0.2, -0.15) is 5.10 Å². The molecule has 126 valence electrons. The number of thiazole rings is 1. The van der Waals surface area contributed by atoms with Crippen LogP contribution in [0, 0.1) is 13.8 Å². The first-order valence-electron chi connectivity index (χ1n) is 7.65. The molecule has 0 aliphatic rings. The third-order valence-electron chi connectivity index (χ3n) is 3.86. The molecule has 0 saturated heterocycles. The zero-order valence-electron chi connectivity index (χ0n) is 13.9. The topological polar surface area (TPSA) is 85.8 Å². The van der Waals surface area contributed by atoms with Crippen LogP contribution < -0.4 is 5.32 Å². The number of amides is 1. The van der Waals surface area contributed by atoms with Gasteiger partial charge in [0, 0.05) is 17.3 Å². The van der Waals surface area contributed by atoms with Crippen molar-refractivity contribution < 1.29 is 9.21 Å². The number of carbonyl (C=O) groups is 1. The molecule has 8 heteroatoms. The molecule has 4 aromatic rings. The zero-order chi connectivity index (χ0) is 17.6. The van der Waals surface area contributed by atoms with Crippen LogP contribution in [0.25, 0.3) is 21.8 Å². The molecule has 0 saturated carbocycles. The summed E-state index contributed by atoms with van der Waals surface area (Å²) in [6.07, 6.45) is 3.21. The number of fused-ring (bicyclic) bond motifs is 1. The number of aryl methyl sites for hydroxylation is 3. The molecule has 7 nitrogen and oxygen atoms in total. The predicted molar refractivity (Wildman–Crippen MR) is 95.8 cm³/mol. The highest BCUT2D eigenvalue weighted by molar-refractivity contribution is 7.15. The largest absolute Gasteiger partial charge is 0.462 e. The van der Waals surface area contributed by atoms with Gasteiger partial charge in [-0.05, 0) is 32.0 Å². The van der Waals surface area contributed by atoms with Crippen LogP contribution in [0.15, 0.2) is 35.1 Å². The fourth-order valence-electron chi connectivity index (χ4n) is 2.68. The first-order chi connectivity index (χ1) is 12.0. The van der Waals surface area contributed by atoms with Gasteiger partial charge in [0.1, 0.15) is 5.69 Å². The third-order valence-corrected chi connectivity index (χ3v) is 4.85. The summed E-state index contributed by atoms with van der Waals surface area (Å²) in [4.78, 5) is 22.2. The highest BCUT2D eigenvalue weighted by Crippen LogP contribution is 2.28. The molecule has 0 unspecified atom stereocenters. The van der Waals surface area contributed by atoms with E-state index in [2.05, 4.69) is 20.4 Å². The number of nitrogens with one attached hydrogen (secondary N) is 1. The van der Waals surface area contributed by atoms with E-state index in [1.165, 1.54) is 11.3 Å². The SMILES string of the molecule is Cc1sc(-c2ccco2)nc1C(=O)Nc1cnc2c(c1)c(C)nn2C. The van der Waals surface area contributed by atoms with Gasteiger partial charge >= 0.3 is 0 Å². The van der Waals surface area contributed by atoms with Crippen molar-refractivity contribution in [3.05, 3.63) is 46.9 Å². The van der Waals surface area contributed by atoms with Crippen LogP contribution in [0.3, 0.4) is 0 Å². The number of anilines is 1. The van der Waals surface area contributed by atoms with Gasteiger partial charge in [0.05, 0.1) is 23.8 Å². The summed E-state index contributed by atoms with van der Waals surface area (Å²) in [6, 6.07) is 5.49. The molecule has 0 spiro atoms. The van der Waals surface area contributed by atoms with E-state index in [9.17, 15) is 4.79 Å². The first kappa shape index (κ1) is 15.5. The molecule has 25 heavy (non-hydrogen) atoms. The van der Waals surface area contributed by atoms with E-state index in [-0.39, 0.29) is 5.91 Å². The molecule has 4 rings (SSSR count). The van der Waals surface area contributed by atoms with Crippen LogP contribution in [0.2, 0.25) is 0 Å². The monoisotopic (exact) mass is 353 g/mol. The van der Waals surface area contributed by atoms with E-state index in [1.54, 1.807) is 23.2 Å². The Morgan fingerprint density at radius 1 is 1.36 bits per heavy atom. The minimum Gasteiger partial charge on any atom is -0.462 e. The average molecular weight is 353 g/mol. The van der Waals surface area contributed by atoms with E-state index in [0.717, 1.165) is 21.6 Å². The van der Waals surface area contributed by atoms with Crippen LogP contribution in [-0.4, -0.2) is 25.7 Å². The van der Waals surface area contributed by atoms with Gasteiger partial charge in [0.2, 0.25) is 0 Å². The lowest BCUT2D eigenvalue weighted by atomic mass is 10.2. The van der Waals surface area contributed by atoms with Gasteiger partial charge in [-0.15, -0.1) is 11.3 Å². The van der Waals surface area contributed by atoms with Crippen molar-refractivity contribution in [3.63, 3.8) is 0 Å². The third kappa shape index (κ3) is 2.70. The smallest absolute Gasteiger partial charge is 0.275 e. The van der Waals surface area contributed by atoms with Gasteiger partial charge in [-0.1, -0.05) is 0 Å². The molecular weight excluding hydrogens is 338 g/mol. The van der Waals surface area contributed by atoms with Gasteiger partial charge < -0.3 is 9.73 Å². The highest BCUT2D eigenvalue weighted by atomic mass is 32.1. The number of hydrogen-bond donors (Lipinski definition) is 1. The van der Waals surface area contributed by atoms with Crippen molar-refractivity contribution >= 4 is 34.0 Å². The van der Waals surface area contributed by atoms with Crippen molar-refractivity contribution in [2.75, 3.05) is 5.32 Å². The second-order valence-electron chi connectivity index (χ2n) is 5.66. The molecule has 0 atom stereocenters. The van der Waals surface area contributed by atoms with Crippen molar-refractivity contribution in [2.24, 2.45) is 7.05 Å². The molecule has 4 aromatic heterocycles. The lowest BCUT2D eigenvalue weighted by molar-refractivity contribution is 0.102. The average Bonchev–Trinajstić information content (AvgIpc) is 3.28.